The lowest BCUT2D eigenvalue weighted by molar-refractivity contribution is -0.165. The lowest BCUT2D eigenvalue weighted by atomic mass is 10.0. The number of halogens is 2. The van der Waals surface area contributed by atoms with E-state index in [0.717, 1.165) is 48.4 Å². The van der Waals surface area contributed by atoms with Gasteiger partial charge in [0.15, 0.2) is 5.79 Å². The fourth-order valence-electron chi connectivity index (χ4n) is 1.74. The molecule has 0 atom stereocenters. The van der Waals surface area contributed by atoms with E-state index in [9.17, 15) is 0 Å². The zero-order valence-electron chi connectivity index (χ0n) is 9.10. The number of alkyl halides is 1. The number of hydrogen-bond donors (Lipinski definition) is 0. The average molecular weight is 345 g/mol. The van der Waals surface area contributed by atoms with Gasteiger partial charge in [-0.05, 0) is 24.2 Å². The fourth-order valence-corrected chi connectivity index (χ4v) is 2.23. The van der Waals surface area contributed by atoms with Crippen molar-refractivity contribution in [2.24, 2.45) is 0 Å². The van der Waals surface area contributed by atoms with Crippen LogP contribution in [0.3, 0.4) is 0 Å². The first-order valence-corrected chi connectivity index (χ1v) is 7.25. The second-order valence-electron chi connectivity index (χ2n) is 3.73. The third-order valence-electron chi connectivity index (χ3n) is 2.46. The van der Waals surface area contributed by atoms with Gasteiger partial charge in [0.1, 0.15) is 0 Å². The van der Waals surface area contributed by atoms with E-state index >= 15 is 0 Å². The van der Waals surface area contributed by atoms with Gasteiger partial charge in [-0.3, -0.25) is 0 Å². The molecule has 0 spiro atoms. The summed E-state index contributed by atoms with van der Waals surface area (Å²) in [5, 5.41) is 0.844. The number of allylic oxidation sites excluding steroid dienone is 2. The van der Waals surface area contributed by atoms with Crippen molar-refractivity contribution < 1.29 is 9.47 Å². The summed E-state index contributed by atoms with van der Waals surface area (Å²) >= 11 is 8.18. The lowest BCUT2D eigenvalue weighted by Gasteiger charge is -2.26. The molecular weight excluding hydrogens is 326 g/mol. The van der Waals surface area contributed by atoms with Crippen molar-refractivity contribution in [2.75, 3.05) is 17.6 Å². The molecule has 1 heterocycles. The number of hydrogen-bond acceptors (Lipinski definition) is 2. The van der Waals surface area contributed by atoms with Crippen molar-refractivity contribution in [3.05, 3.63) is 11.1 Å². The van der Waals surface area contributed by atoms with Gasteiger partial charge in [0.25, 0.3) is 0 Å². The third-order valence-corrected chi connectivity index (χ3v) is 3.37. The van der Waals surface area contributed by atoms with Crippen molar-refractivity contribution in [2.45, 2.75) is 38.4 Å². The molecule has 0 radical (unpaired) electrons. The van der Waals surface area contributed by atoms with E-state index in [1.54, 1.807) is 0 Å². The minimum atomic E-state index is -0.325. The molecule has 2 nitrogen and oxygen atoms in total. The predicted molar refractivity (Wildman–Crippen MR) is 71.6 cm³/mol. The maximum atomic E-state index is 5.79. The van der Waals surface area contributed by atoms with E-state index in [1.807, 2.05) is 13.0 Å². The van der Waals surface area contributed by atoms with Crippen molar-refractivity contribution in [3.8, 4) is 0 Å². The Morgan fingerprint density at radius 1 is 1.40 bits per heavy atom. The molecule has 0 aromatic carbocycles. The van der Waals surface area contributed by atoms with Gasteiger partial charge in [-0.15, -0.1) is 0 Å². The Hall–Kier alpha value is 0.680. The topological polar surface area (TPSA) is 18.5 Å². The second-order valence-corrected chi connectivity index (χ2v) is 5.40. The van der Waals surface area contributed by atoms with E-state index in [-0.39, 0.29) is 5.79 Å². The molecule has 0 N–H and O–H groups in total. The molecule has 0 saturated carbocycles. The number of ether oxygens (including phenoxy) is 2. The SMILES string of the molecule is CC(Cl)=CCCC1(CCCI)OCCO1. The summed E-state index contributed by atoms with van der Waals surface area (Å²) in [6, 6.07) is 0. The Balaban J connectivity index is 2.39. The highest BCUT2D eigenvalue weighted by atomic mass is 127. The Morgan fingerprint density at radius 3 is 2.60 bits per heavy atom. The van der Waals surface area contributed by atoms with E-state index < -0.39 is 0 Å². The Bertz CT molecular complexity index is 209. The smallest absolute Gasteiger partial charge is 0.168 e. The van der Waals surface area contributed by atoms with Crippen LogP contribution in [0.1, 0.15) is 32.6 Å². The zero-order chi connectivity index (χ0) is 11.1. The summed E-state index contributed by atoms with van der Waals surface area (Å²) in [5.74, 6) is -0.325. The minimum Gasteiger partial charge on any atom is -0.348 e. The highest BCUT2D eigenvalue weighted by Crippen LogP contribution is 2.30. The van der Waals surface area contributed by atoms with E-state index in [2.05, 4.69) is 22.6 Å². The summed E-state index contributed by atoms with van der Waals surface area (Å²) in [4.78, 5) is 0. The molecule has 0 aromatic rings. The lowest BCUT2D eigenvalue weighted by Crippen LogP contribution is -2.29. The van der Waals surface area contributed by atoms with Crippen molar-refractivity contribution in [1.29, 1.82) is 0 Å². The van der Waals surface area contributed by atoms with Gasteiger partial charge in [-0.2, -0.15) is 0 Å². The van der Waals surface area contributed by atoms with Crippen LogP contribution in [0.2, 0.25) is 0 Å². The summed E-state index contributed by atoms with van der Waals surface area (Å²) in [7, 11) is 0. The number of rotatable bonds is 6. The van der Waals surface area contributed by atoms with Crippen LogP contribution in [0.5, 0.6) is 0 Å². The van der Waals surface area contributed by atoms with Crippen LogP contribution in [0, 0.1) is 0 Å². The summed E-state index contributed by atoms with van der Waals surface area (Å²) < 4.78 is 12.6. The Labute approximate surface area is 110 Å². The molecule has 1 saturated heterocycles. The predicted octanol–water partition coefficient (Wildman–Crippen LogP) is 3.87. The molecule has 1 fully saturated rings. The molecule has 1 rings (SSSR count). The molecule has 4 heteroatoms. The Morgan fingerprint density at radius 2 is 2.07 bits per heavy atom. The van der Waals surface area contributed by atoms with Gasteiger partial charge < -0.3 is 9.47 Å². The maximum absolute atomic E-state index is 5.79. The Kier molecular flexibility index (Phi) is 6.50. The van der Waals surface area contributed by atoms with Crippen molar-refractivity contribution in [1.82, 2.24) is 0 Å². The van der Waals surface area contributed by atoms with Crippen molar-refractivity contribution >= 4 is 34.2 Å². The molecule has 1 aliphatic heterocycles. The first-order chi connectivity index (χ1) is 7.18. The largest absolute Gasteiger partial charge is 0.348 e. The highest BCUT2D eigenvalue weighted by Gasteiger charge is 2.34. The van der Waals surface area contributed by atoms with E-state index in [1.165, 1.54) is 0 Å². The molecule has 0 amide bonds. The monoisotopic (exact) mass is 344 g/mol. The molecule has 0 aromatic heterocycles. The third kappa shape index (κ3) is 5.02. The van der Waals surface area contributed by atoms with Crippen molar-refractivity contribution in [3.63, 3.8) is 0 Å². The summed E-state index contributed by atoms with van der Waals surface area (Å²) in [5.41, 5.74) is 0. The van der Waals surface area contributed by atoms with Crippen LogP contribution in [-0.2, 0) is 9.47 Å². The average Bonchev–Trinajstić information content (AvgIpc) is 2.64. The maximum Gasteiger partial charge on any atom is 0.168 e. The summed E-state index contributed by atoms with van der Waals surface area (Å²) in [6.07, 6.45) is 6.00. The molecule has 15 heavy (non-hydrogen) atoms. The molecule has 0 bridgehead atoms. The van der Waals surface area contributed by atoms with Gasteiger partial charge >= 0.3 is 0 Å². The second kappa shape index (κ2) is 7.09. The standard InChI is InChI=1S/C11H18ClIO2/c1-10(12)4-2-5-11(6-3-7-13)14-8-9-15-11/h4H,2-3,5-9H2,1H3. The van der Waals surface area contributed by atoms with Crippen LogP contribution >= 0.6 is 34.2 Å². The van der Waals surface area contributed by atoms with Gasteiger partial charge in [0.2, 0.25) is 0 Å². The molecule has 0 aliphatic carbocycles. The minimum absolute atomic E-state index is 0.325. The van der Waals surface area contributed by atoms with Crippen LogP contribution in [0.15, 0.2) is 11.1 Å². The van der Waals surface area contributed by atoms with Gasteiger partial charge in [0, 0.05) is 17.9 Å². The van der Waals surface area contributed by atoms with Crippen LogP contribution < -0.4 is 0 Å². The summed E-state index contributed by atoms with van der Waals surface area (Å²) in [6.45, 7) is 3.35. The van der Waals surface area contributed by atoms with Crippen LogP contribution in [0.4, 0.5) is 0 Å². The molecule has 1 aliphatic rings. The van der Waals surface area contributed by atoms with Gasteiger partial charge in [-0.25, -0.2) is 0 Å². The van der Waals surface area contributed by atoms with Crippen LogP contribution in [-0.4, -0.2) is 23.4 Å². The van der Waals surface area contributed by atoms with E-state index in [0.29, 0.717) is 0 Å². The molecule has 88 valence electrons. The van der Waals surface area contributed by atoms with Crippen LogP contribution in [0.25, 0.3) is 0 Å². The first-order valence-electron chi connectivity index (χ1n) is 5.35. The zero-order valence-corrected chi connectivity index (χ0v) is 12.0. The molecular formula is C11H18ClIO2. The fraction of sp³-hybridized carbons (Fsp3) is 0.818. The first kappa shape index (κ1) is 13.7. The highest BCUT2D eigenvalue weighted by molar-refractivity contribution is 14.1. The van der Waals surface area contributed by atoms with E-state index in [4.69, 9.17) is 21.1 Å². The van der Waals surface area contributed by atoms with Gasteiger partial charge in [-0.1, -0.05) is 40.3 Å². The quantitative estimate of drug-likeness (QED) is 0.538. The van der Waals surface area contributed by atoms with Gasteiger partial charge in [0.05, 0.1) is 13.2 Å². The normalized spacial score (nSPS) is 20.9. The molecule has 0 unspecified atom stereocenters.